The zero-order chi connectivity index (χ0) is 17.8. The van der Waals surface area contributed by atoms with Gasteiger partial charge < -0.3 is 10.2 Å². The van der Waals surface area contributed by atoms with Crippen molar-refractivity contribution in [2.24, 2.45) is 0 Å². The first-order valence-corrected chi connectivity index (χ1v) is 8.12. The second-order valence-electron chi connectivity index (χ2n) is 6.06. The van der Waals surface area contributed by atoms with Crippen LogP contribution < -0.4 is 10.2 Å². The van der Waals surface area contributed by atoms with Crippen LogP contribution in [0.2, 0.25) is 0 Å². The van der Waals surface area contributed by atoms with E-state index < -0.39 is 4.92 Å². The Balaban J connectivity index is 1.67. The van der Waals surface area contributed by atoms with E-state index in [-0.39, 0.29) is 17.6 Å². The molecular weight excluding hydrogens is 322 g/mol. The number of hydrogen-bond donors (Lipinski definition) is 1. The van der Waals surface area contributed by atoms with Gasteiger partial charge >= 0.3 is 0 Å². The summed E-state index contributed by atoms with van der Waals surface area (Å²) in [6.07, 6.45) is 5.21. The predicted octanol–water partition coefficient (Wildman–Crippen LogP) is 2.09. The van der Waals surface area contributed by atoms with Gasteiger partial charge in [-0.15, -0.1) is 0 Å². The van der Waals surface area contributed by atoms with Crippen molar-refractivity contribution in [1.29, 1.82) is 0 Å². The van der Waals surface area contributed by atoms with Crippen molar-refractivity contribution >= 4 is 17.5 Å². The van der Waals surface area contributed by atoms with Gasteiger partial charge in [0, 0.05) is 49.2 Å². The maximum atomic E-state index is 12.5. The Bertz CT molecular complexity index is 781. The maximum absolute atomic E-state index is 12.5. The van der Waals surface area contributed by atoms with Crippen LogP contribution in [0, 0.1) is 17.0 Å². The van der Waals surface area contributed by atoms with Gasteiger partial charge in [0.25, 0.3) is 11.6 Å². The normalized spacial score (nSPS) is 17.2. The summed E-state index contributed by atoms with van der Waals surface area (Å²) < 4.78 is 0. The number of carbonyl (C=O) groups excluding carboxylic acids is 1. The summed E-state index contributed by atoms with van der Waals surface area (Å²) in [6, 6.07) is 6.03. The van der Waals surface area contributed by atoms with Gasteiger partial charge in [0.1, 0.15) is 0 Å². The van der Waals surface area contributed by atoms with Crippen LogP contribution in [0.5, 0.6) is 0 Å². The highest BCUT2D eigenvalue weighted by atomic mass is 16.6. The number of nitro benzene ring substituents is 1. The highest BCUT2D eigenvalue weighted by Gasteiger charge is 2.24. The van der Waals surface area contributed by atoms with Crippen molar-refractivity contribution in [3.63, 3.8) is 0 Å². The number of carbonyl (C=O) groups is 1. The Morgan fingerprint density at radius 2 is 2.12 bits per heavy atom. The average molecular weight is 341 g/mol. The lowest BCUT2D eigenvalue weighted by Crippen LogP contribution is -2.48. The monoisotopic (exact) mass is 341 g/mol. The third-order valence-electron chi connectivity index (χ3n) is 4.26. The predicted molar refractivity (Wildman–Crippen MR) is 92.6 cm³/mol. The van der Waals surface area contributed by atoms with Gasteiger partial charge in [-0.05, 0) is 37.5 Å². The van der Waals surface area contributed by atoms with E-state index >= 15 is 0 Å². The number of hydrogen-bond acceptors (Lipinski definition) is 6. The molecule has 0 aliphatic carbocycles. The molecule has 8 heteroatoms. The molecule has 130 valence electrons. The van der Waals surface area contributed by atoms with Crippen LogP contribution in [0.4, 0.5) is 11.6 Å². The van der Waals surface area contributed by atoms with E-state index in [1.165, 1.54) is 18.2 Å². The molecule has 0 bridgehead atoms. The number of amides is 1. The number of nitrogens with zero attached hydrogens (tertiary/aromatic N) is 4. The van der Waals surface area contributed by atoms with Gasteiger partial charge in [0.15, 0.2) is 0 Å². The van der Waals surface area contributed by atoms with Gasteiger partial charge in [0.2, 0.25) is 5.95 Å². The summed E-state index contributed by atoms with van der Waals surface area (Å²) in [5, 5.41) is 13.8. The minimum absolute atomic E-state index is 0.0142. The molecule has 1 saturated heterocycles. The quantitative estimate of drug-likeness (QED) is 0.675. The third kappa shape index (κ3) is 3.90. The lowest BCUT2D eigenvalue weighted by Gasteiger charge is -2.33. The molecule has 0 spiro atoms. The highest BCUT2D eigenvalue weighted by molar-refractivity contribution is 5.96. The van der Waals surface area contributed by atoms with E-state index in [0.717, 1.165) is 19.4 Å². The van der Waals surface area contributed by atoms with E-state index in [1.54, 1.807) is 25.4 Å². The summed E-state index contributed by atoms with van der Waals surface area (Å²) in [6.45, 7) is 3.20. The van der Waals surface area contributed by atoms with Crippen LogP contribution in [0.3, 0.4) is 0 Å². The molecule has 1 N–H and O–H groups in total. The zero-order valence-electron chi connectivity index (χ0n) is 13.9. The fraction of sp³-hybridized carbons (Fsp3) is 0.353. The van der Waals surface area contributed by atoms with Crippen molar-refractivity contribution < 1.29 is 9.72 Å². The van der Waals surface area contributed by atoms with Crippen LogP contribution in [0.1, 0.15) is 28.8 Å². The summed E-state index contributed by atoms with van der Waals surface area (Å²) >= 11 is 0. The van der Waals surface area contributed by atoms with Gasteiger partial charge in [-0.25, -0.2) is 9.97 Å². The molecule has 8 nitrogen and oxygen atoms in total. The Hall–Kier alpha value is -3.03. The number of benzene rings is 1. The van der Waals surface area contributed by atoms with Crippen LogP contribution in [-0.4, -0.2) is 39.9 Å². The summed E-state index contributed by atoms with van der Waals surface area (Å²) in [4.78, 5) is 33.4. The molecule has 2 aromatic rings. The minimum atomic E-state index is -0.465. The standard InChI is InChI=1S/C17H19N5O3/c1-12-10-14(22(24)25)5-6-15(12)16(23)20-13-4-2-9-21(11-13)17-18-7-3-8-19-17/h3,5-8,10,13H,2,4,9,11H2,1H3,(H,20,23)/t13-/m0/s1. The molecular formula is C17H19N5O3. The molecule has 1 aromatic heterocycles. The number of nitrogens with one attached hydrogen (secondary N) is 1. The second kappa shape index (κ2) is 7.25. The molecule has 25 heavy (non-hydrogen) atoms. The Morgan fingerprint density at radius 3 is 2.80 bits per heavy atom. The van der Waals surface area contributed by atoms with Gasteiger partial charge in [0.05, 0.1) is 4.92 Å². The number of anilines is 1. The molecule has 1 aliphatic rings. The molecule has 1 aromatic carbocycles. The first-order chi connectivity index (χ1) is 12.0. The topological polar surface area (TPSA) is 101 Å². The fourth-order valence-corrected chi connectivity index (χ4v) is 3.01. The minimum Gasteiger partial charge on any atom is -0.348 e. The van der Waals surface area contributed by atoms with Crippen LogP contribution in [-0.2, 0) is 0 Å². The molecule has 0 unspecified atom stereocenters. The number of aromatic nitrogens is 2. The average Bonchev–Trinajstić information content (AvgIpc) is 2.62. The maximum Gasteiger partial charge on any atom is 0.269 e. The second-order valence-corrected chi connectivity index (χ2v) is 6.06. The summed E-state index contributed by atoms with van der Waals surface area (Å²) in [5.74, 6) is 0.446. The smallest absolute Gasteiger partial charge is 0.269 e. The molecule has 0 radical (unpaired) electrons. The fourth-order valence-electron chi connectivity index (χ4n) is 3.01. The van der Waals surface area contributed by atoms with Gasteiger partial charge in [-0.3, -0.25) is 14.9 Å². The number of rotatable bonds is 4. The summed E-state index contributed by atoms with van der Waals surface area (Å²) in [5.41, 5.74) is 1.03. The van der Waals surface area contributed by atoms with E-state index in [1.807, 2.05) is 0 Å². The molecule has 3 rings (SSSR count). The molecule has 0 saturated carbocycles. The van der Waals surface area contributed by atoms with Crippen LogP contribution in [0.25, 0.3) is 0 Å². The Labute approximate surface area is 145 Å². The van der Waals surface area contributed by atoms with Crippen molar-refractivity contribution in [2.45, 2.75) is 25.8 Å². The lowest BCUT2D eigenvalue weighted by molar-refractivity contribution is -0.384. The zero-order valence-corrected chi connectivity index (χ0v) is 13.9. The van der Waals surface area contributed by atoms with Crippen molar-refractivity contribution in [3.05, 3.63) is 57.9 Å². The molecule has 1 fully saturated rings. The molecule has 2 heterocycles. The van der Waals surface area contributed by atoms with Crippen molar-refractivity contribution in [3.8, 4) is 0 Å². The van der Waals surface area contributed by atoms with Gasteiger partial charge in [-0.1, -0.05) is 0 Å². The van der Waals surface area contributed by atoms with Crippen molar-refractivity contribution in [2.75, 3.05) is 18.0 Å². The first kappa shape index (κ1) is 16.8. The van der Waals surface area contributed by atoms with Crippen LogP contribution >= 0.6 is 0 Å². The number of piperidine rings is 1. The van der Waals surface area contributed by atoms with Crippen molar-refractivity contribution in [1.82, 2.24) is 15.3 Å². The number of non-ortho nitro benzene ring substituents is 1. The highest BCUT2D eigenvalue weighted by Crippen LogP contribution is 2.19. The Morgan fingerprint density at radius 1 is 1.36 bits per heavy atom. The molecule has 1 amide bonds. The lowest BCUT2D eigenvalue weighted by atomic mass is 10.0. The molecule has 1 atom stereocenters. The van der Waals surface area contributed by atoms with E-state index in [4.69, 9.17) is 0 Å². The SMILES string of the molecule is Cc1cc([N+](=O)[O-])ccc1C(=O)N[C@H]1CCCN(c2ncccn2)C1. The summed E-state index contributed by atoms with van der Waals surface area (Å²) in [7, 11) is 0. The largest absolute Gasteiger partial charge is 0.348 e. The first-order valence-electron chi connectivity index (χ1n) is 8.12. The van der Waals surface area contributed by atoms with Gasteiger partial charge in [-0.2, -0.15) is 0 Å². The third-order valence-corrected chi connectivity index (χ3v) is 4.26. The van der Waals surface area contributed by atoms with E-state index in [2.05, 4.69) is 20.2 Å². The number of nitro groups is 1. The van der Waals surface area contributed by atoms with E-state index in [9.17, 15) is 14.9 Å². The van der Waals surface area contributed by atoms with E-state index in [0.29, 0.717) is 23.6 Å². The van der Waals surface area contributed by atoms with Crippen LogP contribution in [0.15, 0.2) is 36.7 Å². The number of aryl methyl sites for hydroxylation is 1. The Kier molecular flexibility index (Phi) is 4.87. The molecule has 1 aliphatic heterocycles.